The third-order valence-electron chi connectivity index (χ3n) is 4.44. The van der Waals surface area contributed by atoms with Crippen LogP contribution in [0.1, 0.15) is 18.4 Å². The predicted octanol–water partition coefficient (Wildman–Crippen LogP) is 2.96. The highest BCUT2D eigenvalue weighted by atomic mass is 32.2. The molecule has 1 amide bonds. The zero-order valence-electron chi connectivity index (χ0n) is 14.6. The molecule has 1 aliphatic heterocycles. The van der Waals surface area contributed by atoms with Gasteiger partial charge in [-0.15, -0.1) is 0 Å². The molecule has 3 rings (SSSR count). The Hall–Kier alpha value is -2.41. The molecule has 2 aromatic carbocycles. The smallest absolute Gasteiger partial charge is 0.232 e. The van der Waals surface area contributed by atoms with E-state index in [9.17, 15) is 17.6 Å². The third-order valence-corrected chi connectivity index (χ3v) is 5.63. The molecule has 0 N–H and O–H groups in total. The Labute approximate surface area is 153 Å². The van der Waals surface area contributed by atoms with Gasteiger partial charge < -0.3 is 4.90 Å². The van der Waals surface area contributed by atoms with Gasteiger partial charge in [-0.1, -0.05) is 24.3 Å². The minimum absolute atomic E-state index is 0.0257. The first kappa shape index (κ1) is 18.4. The Balaban J connectivity index is 1.77. The number of hydrogen-bond acceptors (Lipinski definition) is 3. The van der Waals surface area contributed by atoms with Gasteiger partial charge in [0.05, 0.1) is 11.9 Å². The first-order valence-corrected chi connectivity index (χ1v) is 10.3. The van der Waals surface area contributed by atoms with Crippen molar-refractivity contribution in [3.8, 4) is 0 Å². The number of carbonyl (C=O) groups is 1. The molecule has 2 aromatic rings. The second-order valence-corrected chi connectivity index (χ2v) is 8.25. The van der Waals surface area contributed by atoms with Crippen LogP contribution in [0.15, 0.2) is 48.5 Å². The first-order chi connectivity index (χ1) is 12.4. The van der Waals surface area contributed by atoms with Gasteiger partial charge in [-0.3, -0.25) is 9.10 Å². The first-order valence-electron chi connectivity index (χ1n) is 8.48. The fourth-order valence-electron chi connectivity index (χ4n) is 3.24. The number of fused-ring (bicyclic) bond motifs is 1. The molecular formula is C19H21FN2O3S. The van der Waals surface area contributed by atoms with Crippen LogP contribution in [0.2, 0.25) is 0 Å². The maximum atomic E-state index is 13.5. The van der Waals surface area contributed by atoms with Crippen LogP contribution in [0.4, 0.5) is 15.8 Å². The Morgan fingerprint density at radius 3 is 2.69 bits per heavy atom. The SMILES string of the molecule is CS(=O)(=O)N(CCC(=O)N1CCCc2ccccc21)c1cccc(F)c1. The Bertz CT molecular complexity index is 915. The molecule has 0 unspecified atom stereocenters. The van der Waals surface area contributed by atoms with E-state index in [0.29, 0.717) is 6.54 Å². The molecule has 7 heteroatoms. The fourth-order valence-corrected chi connectivity index (χ4v) is 4.16. The van der Waals surface area contributed by atoms with E-state index in [1.54, 1.807) is 4.90 Å². The standard InChI is InChI=1S/C19H21FN2O3S/c1-26(24,25)22(17-9-4-8-16(20)14-17)13-11-19(23)21-12-5-7-15-6-2-3-10-18(15)21/h2-4,6,8-10,14H,5,7,11-13H2,1H3. The number of aryl methyl sites for hydroxylation is 1. The van der Waals surface area contributed by atoms with Gasteiger partial charge in [0.2, 0.25) is 15.9 Å². The van der Waals surface area contributed by atoms with E-state index in [4.69, 9.17) is 0 Å². The van der Waals surface area contributed by atoms with E-state index < -0.39 is 15.8 Å². The average Bonchev–Trinajstić information content (AvgIpc) is 2.60. The highest BCUT2D eigenvalue weighted by Crippen LogP contribution is 2.27. The molecule has 1 aliphatic rings. The van der Waals surface area contributed by atoms with Gasteiger partial charge in [0, 0.05) is 25.2 Å². The van der Waals surface area contributed by atoms with Gasteiger partial charge in [0.1, 0.15) is 5.82 Å². The number of benzene rings is 2. The lowest BCUT2D eigenvalue weighted by molar-refractivity contribution is -0.118. The normalized spacial score (nSPS) is 14.0. The van der Waals surface area contributed by atoms with E-state index >= 15 is 0 Å². The Morgan fingerprint density at radius 2 is 1.96 bits per heavy atom. The number of nitrogens with zero attached hydrogens (tertiary/aromatic N) is 2. The van der Waals surface area contributed by atoms with E-state index in [0.717, 1.165) is 40.7 Å². The van der Waals surface area contributed by atoms with Crippen LogP contribution in [0.25, 0.3) is 0 Å². The van der Waals surface area contributed by atoms with Crippen molar-refractivity contribution in [2.24, 2.45) is 0 Å². The van der Waals surface area contributed by atoms with Crippen molar-refractivity contribution in [2.75, 3.05) is 28.6 Å². The topological polar surface area (TPSA) is 57.7 Å². The number of halogens is 1. The number of amides is 1. The van der Waals surface area contributed by atoms with Crippen molar-refractivity contribution in [2.45, 2.75) is 19.3 Å². The molecule has 0 spiro atoms. The largest absolute Gasteiger partial charge is 0.312 e. The van der Waals surface area contributed by atoms with Crippen molar-refractivity contribution in [3.63, 3.8) is 0 Å². The van der Waals surface area contributed by atoms with Crippen LogP contribution >= 0.6 is 0 Å². The van der Waals surface area contributed by atoms with Gasteiger partial charge in [-0.05, 0) is 42.7 Å². The number of carbonyl (C=O) groups excluding carboxylic acids is 1. The maximum absolute atomic E-state index is 13.5. The summed E-state index contributed by atoms with van der Waals surface area (Å²) in [5, 5.41) is 0. The van der Waals surface area contributed by atoms with Crippen molar-refractivity contribution in [1.82, 2.24) is 0 Å². The molecule has 1 heterocycles. The number of anilines is 2. The van der Waals surface area contributed by atoms with Gasteiger partial charge in [-0.2, -0.15) is 0 Å². The van der Waals surface area contributed by atoms with E-state index in [2.05, 4.69) is 0 Å². The monoisotopic (exact) mass is 376 g/mol. The van der Waals surface area contributed by atoms with Crippen LogP contribution in [0.3, 0.4) is 0 Å². The highest BCUT2D eigenvalue weighted by Gasteiger charge is 2.24. The summed E-state index contributed by atoms with van der Waals surface area (Å²) >= 11 is 0. The summed E-state index contributed by atoms with van der Waals surface area (Å²) < 4.78 is 38.8. The lowest BCUT2D eigenvalue weighted by Gasteiger charge is -2.30. The van der Waals surface area contributed by atoms with Gasteiger partial charge in [0.15, 0.2) is 0 Å². The number of para-hydroxylation sites is 1. The van der Waals surface area contributed by atoms with Gasteiger partial charge in [-0.25, -0.2) is 12.8 Å². The second kappa shape index (κ2) is 7.45. The molecule has 5 nitrogen and oxygen atoms in total. The highest BCUT2D eigenvalue weighted by molar-refractivity contribution is 7.92. The van der Waals surface area contributed by atoms with Crippen LogP contribution in [0.5, 0.6) is 0 Å². The molecule has 0 radical (unpaired) electrons. The van der Waals surface area contributed by atoms with Crippen molar-refractivity contribution in [1.29, 1.82) is 0 Å². The molecule has 0 saturated carbocycles. The molecule has 0 aliphatic carbocycles. The quantitative estimate of drug-likeness (QED) is 0.806. The molecule has 0 atom stereocenters. The fraction of sp³-hybridized carbons (Fsp3) is 0.316. The summed E-state index contributed by atoms with van der Waals surface area (Å²) in [6, 6.07) is 13.1. The van der Waals surface area contributed by atoms with Gasteiger partial charge in [0.25, 0.3) is 0 Å². The van der Waals surface area contributed by atoms with E-state index in [1.165, 1.54) is 18.2 Å². The molecule has 0 aromatic heterocycles. The minimum atomic E-state index is -3.63. The van der Waals surface area contributed by atoms with E-state index in [1.807, 2.05) is 24.3 Å². The summed E-state index contributed by atoms with van der Waals surface area (Å²) in [6.07, 6.45) is 2.89. The van der Waals surface area contributed by atoms with Crippen LogP contribution in [-0.2, 0) is 21.2 Å². The van der Waals surface area contributed by atoms with Crippen molar-refractivity contribution < 1.29 is 17.6 Å². The van der Waals surface area contributed by atoms with Gasteiger partial charge >= 0.3 is 0 Å². The molecule has 0 saturated heterocycles. The zero-order chi connectivity index (χ0) is 18.7. The molecule has 0 fully saturated rings. The number of rotatable bonds is 5. The minimum Gasteiger partial charge on any atom is -0.312 e. The van der Waals surface area contributed by atoms with Crippen LogP contribution < -0.4 is 9.21 Å². The summed E-state index contributed by atoms with van der Waals surface area (Å²) in [6.45, 7) is 0.592. The summed E-state index contributed by atoms with van der Waals surface area (Å²) in [5.74, 6) is -0.658. The van der Waals surface area contributed by atoms with Crippen LogP contribution in [-0.4, -0.2) is 33.7 Å². The zero-order valence-corrected chi connectivity index (χ0v) is 15.4. The van der Waals surface area contributed by atoms with Crippen LogP contribution in [0, 0.1) is 5.82 Å². The van der Waals surface area contributed by atoms with Crippen molar-refractivity contribution in [3.05, 3.63) is 59.9 Å². The second-order valence-electron chi connectivity index (χ2n) is 6.34. The average molecular weight is 376 g/mol. The summed E-state index contributed by atoms with van der Waals surface area (Å²) in [5.41, 5.74) is 2.23. The summed E-state index contributed by atoms with van der Waals surface area (Å²) in [4.78, 5) is 14.4. The maximum Gasteiger partial charge on any atom is 0.232 e. The lowest BCUT2D eigenvalue weighted by Crippen LogP contribution is -2.39. The number of hydrogen-bond donors (Lipinski definition) is 0. The molecule has 138 valence electrons. The molecule has 26 heavy (non-hydrogen) atoms. The third kappa shape index (κ3) is 4.04. The lowest BCUT2D eigenvalue weighted by atomic mass is 10.0. The Kier molecular flexibility index (Phi) is 5.27. The van der Waals surface area contributed by atoms with Crippen molar-refractivity contribution >= 4 is 27.3 Å². The molecule has 0 bridgehead atoms. The number of sulfonamides is 1. The van der Waals surface area contributed by atoms with E-state index in [-0.39, 0.29) is 24.6 Å². The summed E-state index contributed by atoms with van der Waals surface area (Å²) in [7, 11) is -3.63. The molecular weight excluding hydrogens is 355 g/mol. The predicted molar refractivity (Wildman–Crippen MR) is 100 cm³/mol. The Morgan fingerprint density at radius 1 is 1.19 bits per heavy atom.